The van der Waals surface area contributed by atoms with Crippen LogP contribution >= 0.6 is 0 Å². The standard InChI is InChI=1S/C21H31N3O4/c1-5-6-11-28-12-7-10-23-21(25)18(14-22)15-24-16(2)17-8-9-19(26-3)20(13-17)27-4/h8-9,13,15-16,24H,5-7,10-12H2,1-4H3,(H,23,25)/b18-15-. The first-order chi connectivity index (χ1) is 13.6. The third kappa shape index (κ3) is 7.89. The van der Waals surface area contributed by atoms with E-state index in [9.17, 15) is 10.1 Å². The molecule has 0 heterocycles. The Kier molecular flexibility index (Phi) is 11.2. The number of nitrogens with one attached hydrogen (secondary N) is 2. The van der Waals surface area contributed by atoms with E-state index in [1.54, 1.807) is 14.2 Å². The molecule has 0 aliphatic heterocycles. The van der Waals surface area contributed by atoms with Crippen molar-refractivity contribution in [3.05, 3.63) is 35.5 Å². The van der Waals surface area contributed by atoms with Gasteiger partial charge in [0.25, 0.3) is 5.91 Å². The van der Waals surface area contributed by atoms with Crippen LogP contribution in [0, 0.1) is 11.3 Å². The second kappa shape index (κ2) is 13.4. The molecule has 28 heavy (non-hydrogen) atoms. The lowest BCUT2D eigenvalue weighted by Gasteiger charge is -2.15. The smallest absolute Gasteiger partial charge is 0.263 e. The van der Waals surface area contributed by atoms with Gasteiger partial charge in [0.05, 0.1) is 14.2 Å². The summed E-state index contributed by atoms with van der Waals surface area (Å²) in [6, 6.07) is 7.38. The van der Waals surface area contributed by atoms with Gasteiger partial charge in [0, 0.05) is 32.0 Å². The van der Waals surface area contributed by atoms with Crippen molar-refractivity contribution in [2.24, 2.45) is 0 Å². The molecule has 0 fully saturated rings. The van der Waals surface area contributed by atoms with Gasteiger partial charge in [-0.2, -0.15) is 5.26 Å². The number of ether oxygens (including phenoxy) is 3. The Morgan fingerprint density at radius 3 is 2.57 bits per heavy atom. The maximum Gasteiger partial charge on any atom is 0.263 e. The lowest BCUT2D eigenvalue weighted by molar-refractivity contribution is -0.117. The van der Waals surface area contributed by atoms with Gasteiger partial charge in [-0.25, -0.2) is 0 Å². The fourth-order valence-corrected chi connectivity index (χ4v) is 2.40. The predicted octanol–water partition coefficient (Wildman–Crippen LogP) is 3.08. The Hall–Kier alpha value is -2.72. The molecule has 154 valence electrons. The van der Waals surface area contributed by atoms with Gasteiger partial charge >= 0.3 is 0 Å². The van der Waals surface area contributed by atoms with Crippen LogP contribution in [0.15, 0.2) is 30.0 Å². The van der Waals surface area contributed by atoms with E-state index in [2.05, 4.69) is 17.6 Å². The summed E-state index contributed by atoms with van der Waals surface area (Å²) in [7, 11) is 3.16. The average Bonchev–Trinajstić information content (AvgIpc) is 2.72. The molecule has 0 saturated heterocycles. The largest absolute Gasteiger partial charge is 0.493 e. The highest BCUT2D eigenvalue weighted by atomic mass is 16.5. The van der Waals surface area contributed by atoms with Crippen LogP contribution in [0.25, 0.3) is 0 Å². The molecule has 0 spiro atoms. The van der Waals surface area contributed by atoms with Crippen molar-refractivity contribution < 1.29 is 19.0 Å². The lowest BCUT2D eigenvalue weighted by atomic mass is 10.1. The molecular formula is C21H31N3O4. The highest BCUT2D eigenvalue weighted by Gasteiger charge is 2.12. The predicted molar refractivity (Wildman–Crippen MR) is 108 cm³/mol. The van der Waals surface area contributed by atoms with Crippen molar-refractivity contribution in [3.63, 3.8) is 0 Å². The van der Waals surface area contributed by atoms with Crippen LogP contribution in [-0.4, -0.2) is 39.9 Å². The maximum absolute atomic E-state index is 12.1. The van der Waals surface area contributed by atoms with Crippen molar-refractivity contribution in [1.29, 1.82) is 5.26 Å². The topological polar surface area (TPSA) is 92.6 Å². The molecule has 1 atom stereocenters. The minimum atomic E-state index is -0.400. The summed E-state index contributed by atoms with van der Waals surface area (Å²) < 4.78 is 16.0. The van der Waals surface area contributed by atoms with E-state index >= 15 is 0 Å². The summed E-state index contributed by atoms with van der Waals surface area (Å²) >= 11 is 0. The fourth-order valence-electron chi connectivity index (χ4n) is 2.40. The number of methoxy groups -OCH3 is 2. The lowest BCUT2D eigenvalue weighted by Crippen LogP contribution is -2.27. The van der Waals surface area contributed by atoms with Crippen LogP contribution in [0.4, 0.5) is 0 Å². The number of nitriles is 1. The van der Waals surface area contributed by atoms with Crippen molar-refractivity contribution in [3.8, 4) is 17.6 Å². The van der Waals surface area contributed by atoms with E-state index in [-0.39, 0.29) is 11.6 Å². The first kappa shape index (κ1) is 23.3. The van der Waals surface area contributed by atoms with Crippen molar-refractivity contribution in [2.75, 3.05) is 34.0 Å². The zero-order valence-electron chi connectivity index (χ0n) is 17.2. The third-order valence-electron chi connectivity index (χ3n) is 4.14. The van der Waals surface area contributed by atoms with Crippen LogP contribution < -0.4 is 20.1 Å². The van der Waals surface area contributed by atoms with E-state index in [4.69, 9.17) is 14.2 Å². The van der Waals surface area contributed by atoms with E-state index < -0.39 is 5.91 Å². The van der Waals surface area contributed by atoms with Crippen molar-refractivity contribution >= 4 is 5.91 Å². The second-order valence-corrected chi connectivity index (χ2v) is 6.25. The first-order valence-corrected chi connectivity index (χ1v) is 9.51. The first-order valence-electron chi connectivity index (χ1n) is 9.51. The average molecular weight is 389 g/mol. The molecule has 0 bridgehead atoms. The Bertz CT molecular complexity index is 683. The molecule has 0 aliphatic rings. The molecule has 7 nitrogen and oxygen atoms in total. The molecule has 0 radical (unpaired) electrons. The highest BCUT2D eigenvalue weighted by molar-refractivity contribution is 5.97. The number of hydrogen-bond donors (Lipinski definition) is 2. The molecule has 1 aromatic carbocycles. The van der Waals surface area contributed by atoms with Gasteiger partial charge in [-0.05, 0) is 37.5 Å². The minimum Gasteiger partial charge on any atom is -0.493 e. The van der Waals surface area contributed by atoms with Gasteiger partial charge in [-0.15, -0.1) is 0 Å². The quantitative estimate of drug-likeness (QED) is 0.306. The third-order valence-corrected chi connectivity index (χ3v) is 4.14. The SMILES string of the molecule is CCCCOCCCNC(=O)/C(C#N)=C\NC(C)c1ccc(OC)c(OC)c1. The normalized spacial score (nSPS) is 12.0. The van der Waals surface area contributed by atoms with Crippen LogP contribution in [0.5, 0.6) is 11.5 Å². The van der Waals surface area contributed by atoms with Crippen LogP contribution in [0.2, 0.25) is 0 Å². The molecule has 0 saturated carbocycles. The van der Waals surface area contributed by atoms with Crippen LogP contribution in [0.3, 0.4) is 0 Å². The van der Waals surface area contributed by atoms with Crippen LogP contribution in [-0.2, 0) is 9.53 Å². The summed E-state index contributed by atoms with van der Waals surface area (Å²) in [4.78, 5) is 12.1. The van der Waals surface area contributed by atoms with Gasteiger partial charge in [0.2, 0.25) is 0 Å². The Morgan fingerprint density at radius 2 is 1.93 bits per heavy atom. The van der Waals surface area contributed by atoms with Gasteiger partial charge in [-0.1, -0.05) is 19.4 Å². The Morgan fingerprint density at radius 1 is 1.21 bits per heavy atom. The van der Waals surface area contributed by atoms with Crippen molar-refractivity contribution in [2.45, 2.75) is 39.2 Å². The van der Waals surface area contributed by atoms with Crippen LogP contribution in [0.1, 0.15) is 44.7 Å². The summed E-state index contributed by atoms with van der Waals surface area (Å²) in [5, 5.41) is 15.1. The van der Waals surface area contributed by atoms with E-state index in [1.165, 1.54) is 6.20 Å². The van der Waals surface area contributed by atoms with Gasteiger partial charge in [-0.3, -0.25) is 4.79 Å². The molecule has 2 N–H and O–H groups in total. The second-order valence-electron chi connectivity index (χ2n) is 6.25. The Balaban J connectivity index is 2.53. The maximum atomic E-state index is 12.1. The molecule has 1 unspecified atom stereocenters. The molecular weight excluding hydrogens is 358 g/mol. The number of rotatable bonds is 13. The number of benzene rings is 1. The summed E-state index contributed by atoms with van der Waals surface area (Å²) in [6.45, 7) is 5.85. The number of carbonyl (C=O) groups excluding carboxylic acids is 1. The van der Waals surface area contributed by atoms with E-state index in [1.807, 2.05) is 31.2 Å². The molecule has 0 aliphatic carbocycles. The molecule has 1 amide bonds. The Labute approximate surface area is 167 Å². The van der Waals surface area contributed by atoms with Crippen molar-refractivity contribution in [1.82, 2.24) is 10.6 Å². The van der Waals surface area contributed by atoms with Gasteiger partial charge < -0.3 is 24.8 Å². The minimum absolute atomic E-state index is 0.0271. The number of hydrogen-bond acceptors (Lipinski definition) is 6. The van der Waals surface area contributed by atoms with E-state index in [0.717, 1.165) is 25.0 Å². The summed E-state index contributed by atoms with van der Waals surface area (Å²) in [5.74, 6) is 0.866. The molecule has 0 aromatic heterocycles. The zero-order valence-corrected chi connectivity index (χ0v) is 17.2. The molecule has 7 heteroatoms. The zero-order chi connectivity index (χ0) is 20.8. The monoisotopic (exact) mass is 389 g/mol. The summed E-state index contributed by atoms with van der Waals surface area (Å²) in [6.07, 6.45) is 4.29. The van der Waals surface area contributed by atoms with Gasteiger partial charge in [0.15, 0.2) is 11.5 Å². The van der Waals surface area contributed by atoms with E-state index in [0.29, 0.717) is 31.1 Å². The number of amides is 1. The molecule has 1 rings (SSSR count). The number of carbonyl (C=O) groups is 1. The number of nitrogens with zero attached hydrogens (tertiary/aromatic N) is 1. The fraction of sp³-hybridized carbons (Fsp3) is 0.524. The summed E-state index contributed by atoms with van der Waals surface area (Å²) in [5.41, 5.74) is 0.968. The molecule has 1 aromatic rings. The number of unbranched alkanes of at least 4 members (excludes halogenated alkanes) is 1. The van der Waals surface area contributed by atoms with Gasteiger partial charge in [0.1, 0.15) is 11.6 Å². The highest BCUT2D eigenvalue weighted by Crippen LogP contribution is 2.29.